The Morgan fingerprint density at radius 1 is 0.955 bits per heavy atom. The normalized spacial score (nSPS) is 15.9. The second-order valence-electron chi connectivity index (χ2n) is 5.45. The fourth-order valence-corrected chi connectivity index (χ4v) is 4.07. The summed E-state index contributed by atoms with van der Waals surface area (Å²) in [7, 11) is -3.36. The van der Waals surface area contributed by atoms with Crippen LogP contribution in [0.2, 0.25) is 0 Å². The van der Waals surface area contributed by atoms with Gasteiger partial charge in [-0.3, -0.25) is 0 Å². The topological polar surface area (TPSA) is 46.6 Å². The predicted octanol–water partition coefficient (Wildman–Crippen LogP) is 3.57. The summed E-state index contributed by atoms with van der Waals surface area (Å²) in [4.78, 5) is 0.325. The third kappa shape index (κ3) is 3.00. The average Bonchev–Trinajstić information content (AvgIpc) is 3.05. The number of sulfonamides is 1. The molecule has 2 aromatic rings. The van der Waals surface area contributed by atoms with Crippen molar-refractivity contribution in [3.05, 3.63) is 54.1 Å². The van der Waals surface area contributed by atoms with Crippen LogP contribution in [0.5, 0.6) is 11.5 Å². The Labute approximate surface area is 131 Å². The lowest BCUT2D eigenvalue weighted by molar-refractivity contribution is 0.473. The molecule has 22 heavy (non-hydrogen) atoms. The maximum atomic E-state index is 12.4. The summed E-state index contributed by atoms with van der Waals surface area (Å²) in [6.07, 6.45) is 1.88. The minimum atomic E-state index is -3.36. The zero-order chi connectivity index (χ0) is 15.6. The van der Waals surface area contributed by atoms with Gasteiger partial charge in [0.1, 0.15) is 11.5 Å². The van der Waals surface area contributed by atoms with Crippen LogP contribution in [0.3, 0.4) is 0 Å². The molecule has 4 nitrogen and oxygen atoms in total. The zero-order valence-electron chi connectivity index (χ0n) is 12.5. The van der Waals surface area contributed by atoms with E-state index in [1.807, 2.05) is 31.2 Å². The van der Waals surface area contributed by atoms with Gasteiger partial charge in [0.15, 0.2) is 0 Å². The Kier molecular flexibility index (Phi) is 4.18. The first kappa shape index (κ1) is 15.1. The van der Waals surface area contributed by atoms with E-state index >= 15 is 0 Å². The summed E-state index contributed by atoms with van der Waals surface area (Å²) in [5, 5.41) is 0. The second kappa shape index (κ2) is 6.10. The maximum Gasteiger partial charge on any atom is 0.243 e. The summed E-state index contributed by atoms with van der Waals surface area (Å²) >= 11 is 0. The number of hydrogen-bond donors (Lipinski definition) is 0. The van der Waals surface area contributed by atoms with Crippen molar-refractivity contribution in [1.29, 1.82) is 0 Å². The average molecular weight is 317 g/mol. The van der Waals surface area contributed by atoms with Crippen molar-refractivity contribution in [2.45, 2.75) is 24.7 Å². The van der Waals surface area contributed by atoms with E-state index in [1.54, 1.807) is 28.6 Å². The van der Waals surface area contributed by atoms with Crippen LogP contribution in [0.4, 0.5) is 0 Å². The van der Waals surface area contributed by atoms with Crippen LogP contribution in [0.25, 0.3) is 0 Å². The molecule has 3 rings (SSSR count). The number of rotatable bonds is 4. The van der Waals surface area contributed by atoms with Gasteiger partial charge in [-0.25, -0.2) is 8.42 Å². The number of nitrogens with zero attached hydrogens (tertiary/aromatic N) is 1. The van der Waals surface area contributed by atoms with E-state index < -0.39 is 10.0 Å². The standard InChI is InChI=1S/C17H19NO3S/c1-14-6-2-3-7-17(14)21-15-8-10-16(11-9-15)22(19,20)18-12-4-5-13-18/h2-3,6-11H,4-5,12-13H2,1H3. The molecule has 0 bridgehead atoms. The van der Waals surface area contributed by atoms with E-state index in [0.717, 1.165) is 24.2 Å². The van der Waals surface area contributed by atoms with Crippen molar-refractivity contribution < 1.29 is 13.2 Å². The van der Waals surface area contributed by atoms with E-state index in [0.29, 0.717) is 23.7 Å². The van der Waals surface area contributed by atoms with Crippen LogP contribution in [-0.2, 0) is 10.0 Å². The van der Waals surface area contributed by atoms with Gasteiger partial charge >= 0.3 is 0 Å². The second-order valence-corrected chi connectivity index (χ2v) is 7.39. The number of aryl methyl sites for hydroxylation is 1. The maximum absolute atomic E-state index is 12.4. The molecule has 0 atom stereocenters. The number of ether oxygens (including phenoxy) is 1. The van der Waals surface area contributed by atoms with Gasteiger partial charge in [0, 0.05) is 13.1 Å². The van der Waals surface area contributed by atoms with Crippen LogP contribution in [-0.4, -0.2) is 25.8 Å². The summed E-state index contributed by atoms with van der Waals surface area (Å²) < 4.78 is 32.2. The highest BCUT2D eigenvalue weighted by molar-refractivity contribution is 7.89. The molecule has 1 saturated heterocycles. The molecule has 0 aliphatic carbocycles. The Morgan fingerprint density at radius 2 is 1.59 bits per heavy atom. The third-order valence-electron chi connectivity index (χ3n) is 3.85. The van der Waals surface area contributed by atoms with Crippen molar-refractivity contribution in [1.82, 2.24) is 4.31 Å². The van der Waals surface area contributed by atoms with Crippen molar-refractivity contribution in [2.24, 2.45) is 0 Å². The molecular weight excluding hydrogens is 298 g/mol. The Bertz CT molecular complexity index is 748. The van der Waals surface area contributed by atoms with Crippen molar-refractivity contribution in [2.75, 3.05) is 13.1 Å². The lowest BCUT2D eigenvalue weighted by Crippen LogP contribution is -2.27. The molecule has 0 aromatic heterocycles. The number of hydrogen-bond acceptors (Lipinski definition) is 3. The molecule has 2 aromatic carbocycles. The van der Waals surface area contributed by atoms with Gasteiger partial charge in [-0.05, 0) is 55.7 Å². The first-order chi connectivity index (χ1) is 10.6. The monoisotopic (exact) mass is 317 g/mol. The molecule has 1 aliphatic rings. The smallest absolute Gasteiger partial charge is 0.243 e. The van der Waals surface area contributed by atoms with Crippen molar-refractivity contribution >= 4 is 10.0 Å². The van der Waals surface area contributed by atoms with Crippen LogP contribution in [0.1, 0.15) is 18.4 Å². The molecule has 1 heterocycles. The Hall–Kier alpha value is -1.85. The van der Waals surface area contributed by atoms with Gasteiger partial charge < -0.3 is 4.74 Å². The lowest BCUT2D eigenvalue weighted by atomic mass is 10.2. The predicted molar refractivity (Wildman–Crippen MR) is 85.7 cm³/mol. The number of benzene rings is 2. The van der Waals surface area contributed by atoms with Crippen LogP contribution < -0.4 is 4.74 Å². The first-order valence-corrected chi connectivity index (χ1v) is 8.85. The van der Waals surface area contributed by atoms with E-state index in [2.05, 4.69) is 0 Å². The lowest BCUT2D eigenvalue weighted by Gasteiger charge is -2.15. The molecule has 5 heteroatoms. The molecule has 0 N–H and O–H groups in total. The molecule has 0 radical (unpaired) electrons. The van der Waals surface area contributed by atoms with Gasteiger partial charge in [-0.15, -0.1) is 0 Å². The summed E-state index contributed by atoms with van der Waals surface area (Å²) in [6.45, 7) is 3.20. The molecule has 0 amide bonds. The zero-order valence-corrected chi connectivity index (χ0v) is 13.3. The van der Waals surface area contributed by atoms with E-state index in [4.69, 9.17) is 4.74 Å². The van der Waals surface area contributed by atoms with Gasteiger partial charge in [0.25, 0.3) is 0 Å². The van der Waals surface area contributed by atoms with E-state index in [1.165, 1.54) is 0 Å². The Morgan fingerprint density at radius 3 is 2.23 bits per heavy atom. The summed E-state index contributed by atoms with van der Waals surface area (Å²) in [6, 6.07) is 14.4. The number of para-hydroxylation sites is 1. The van der Waals surface area contributed by atoms with Gasteiger partial charge in [-0.2, -0.15) is 4.31 Å². The van der Waals surface area contributed by atoms with Gasteiger partial charge in [-0.1, -0.05) is 18.2 Å². The highest BCUT2D eigenvalue weighted by Gasteiger charge is 2.26. The first-order valence-electron chi connectivity index (χ1n) is 7.41. The third-order valence-corrected chi connectivity index (χ3v) is 5.76. The molecular formula is C17H19NO3S. The highest BCUT2D eigenvalue weighted by atomic mass is 32.2. The quantitative estimate of drug-likeness (QED) is 0.866. The minimum Gasteiger partial charge on any atom is -0.457 e. The Balaban J connectivity index is 1.80. The largest absolute Gasteiger partial charge is 0.457 e. The molecule has 116 valence electrons. The summed E-state index contributed by atoms with van der Waals surface area (Å²) in [5.74, 6) is 1.41. The van der Waals surface area contributed by atoms with Crippen molar-refractivity contribution in [3.63, 3.8) is 0 Å². The van der Waals surface area contributed by atoms with Crippen molar-refractivity contribution in [3.8, 4) is 11.5 Å². The molecule has 1 fully saturated rings. The van der Waals surface area contributed by atoms with E-state index in [9.17, 15) is 8.42 Å². The highest BCUT2D eigenvalue weighted by Crippen LogP contribution is 2.27. The molecule has 0 spiro atoms. The SMILES string of the molecule is Cc1ccccc1Oc1ccc(S(=O)(=O)N2CCCC2)cc1. The van der Waals surface area contributed by atoms with Gasteiger partial charge in [0.05, 0.1) is 4.90 Å². The fraction of sp³-hybridized carbons (Fsp3) is 0.294. The van der Waals surface area contributed by atoms with Gasteiger partial charge in [0.2, 0.25) is 10.0 Å². The van der Waals surface area contributed by atoms with Crippen LogP contribution in [0.15, 0.2) is 53.4 Å². The minimum absolute atomic E-state index is 0.325. The van der Waals surface area contributed by atoms with E-state index in [-0.39, 0.29) is 0 Å². The summed E-state index contributed by atoms with van der Waals surface area (Å²) in [5.41, 5.74) is 1.04. The van der Waals surface area contributed by atoms with Crippen LogP contribution >= 0.6 is 0 Å². The fourth-order valence-electron chi connectivity index (χ4n) is 2.56. The molecule has 1 aliphatic heterocycles. The van der Waals surface area contributed by atoms with Crippen LogP contribution in [0, 0.1) is 6.92 Å². The molecule has 0 unspecified atom stereocenters. The molecule has 0 saturated carbocycles.